The van der Waals surface area contributed by atoms with Crippen molar-refractivity contribution in [3.8, 4) is 5.75 Å². The van der Waals surface area contributed by atoms with E-state index in [1.54, 1.807) is 54.9 Å². The minimum atomic E-state index is -0.722. The Balaban J connectivity index is 1.51. The number of ether oxygens (including phenoxy) is 1. The number of nitrogens with one attached hydrogen (secondary N) is 1. The van der Waals surface area contributed by atoms with Crippen LogP contribution in [0.15, 0.2) is 90.4 Å². The third-order valence-corrected chi connectivity index (χ3v) is 4.97. The van der Waals surface area contributed by atoms with Gasteiger partial charge in [-0.1, -0.05) is 30.3 Å². The van der Waals surface area contributed by atoms with Crippen LogP contribution in [0.25, 0.3) is 17.0 Å². The van der Waals surface area contributed by atoms with E-state index < -0.39 is 6.23 Å². The fourth-order valence-corrected chi connectivity index (χ4v) is 3.48. The zero-order chi connectivity index (χ0) is 21.2. The first-order chi connectivity index (χ1) is 15.2. The quantitative estimate of drug-likeness (QED) is 0.493. The maximum absolute atomic E-state index is 13.1. The summed E-state index contributed by atoms with van der Waals surface area (Å²) in [6, 6.07) is 18.0. The number of hydrogen-bond acceptors (Lipinski definition) is 5. The monoisotopic (exact) mass is 410 g/mol. The van der Waals surface area contributed by atoms with E-state index in [2.05, 4.69) is 15.1 Å². The third-order valence-electron chi connectivity index (χ3n) is 4.97. The number of aromatic nitrogens is 2. The molecule has 2 aromatic heterocycles. The molecule has 7 nitrogen and oxygen atoms in total. The van der Waals surface area contributed by atoms with Gasteiger partial charge in [-0.05, 0) is 42.0 Å². The summed E-state index contributed by atoms with van der Waals surface area (Å²) >= 11 is 0. The molecule has 0 spiro atoms. The van der Waals surface area contributed by atoms with E-state index in [0.717, 1.165) is 22.0 Å². The van der Waals surface area contributed by atoms with Crippen molar-refractivity contribution in [2.24, 2.45) is 5.10 Å². The van der Waals surface area contributed by atoms with Crippen LogP contribution in [-0.4, -0.2) is 31.9 Å². The van der Waals surface area contributed by atoms with Crippen molar-refractivity contribution >= 4 is 28.8 Å². The summed E-state index contributed by atoms with van der Waals surface area (Å²) in [4.78, 5) is 20.3. The van der Waals surface area contributed by atoms with Gasteiger partial charge < -0.3 is 14.8 Å². The number of carbonyl (C=O) groups excluding carboxylic acids is 1. The number of H-pyrrole nitrogens is 1. The number of pyridine rings is 1. The van der Waals surface area contributed by atoms with Gasteiger partial charge in [0.1, 0.15) is 5.75 Å². The maximum Gasteiger partial charge on any atom is 0.270 e. The number of phenols is 1. The largest absolute Gasteiger partial charge is 0.508 e. The molecule has 1 amide bonds. The van der Waals surface area contributed by atoms with E-state index in [-0.39, 0.29) is 11.7 Å². The summed E-state index contributed by atoms with van der Waals surface area (Å²) in [6.07, 6.45) is 7.45. The molecule has 0 fully saturated rings. The van der Waals surface area contributed by atoms with E-state index in [1.807, 2.05) is 30.5 Å². The summed E-state index contributed by atoms with van der Waals surface area (Å²) in [5.74, 6) is 0.133. The highest BCUT2D eigenvalue weighted by Gasteiger charge is 2.35. The molecule has 0 aliphatic carbocycles. The second kappa shape index (κ2) is 7.79. The Bertz CT molecular complexity index is 1310. The smallest absolute Gasteiger partial charge is 0.270 e. The molecule has 1 aliphatic heterocycles. The predicted molar refractivity (Wildman–Crippen MR) is 117 cm³/mol. The van der Waals surface area contributed by atoms with E-state index in [4.69, 9.17) is 4.74 Å². The lowest BCUT2D eigenvalue weighted by Gasteiger charge is -2.18. The summed E-state index contributed by atoms with van der Waals surface area (Å²) in [7, 11) is 0. The van der Waals surface area contributed by atoms with Gasteiger partial charge in [0.25, 0.3) is 5.91 Å². The van der Waals surface area contributed by atoms with Gasteiger partial charge in [-0.2, -0.15) is 5.01 Å². The van der Waals surface area contributed by atoms with Crippen molar-refractivity contribution in [1.29, 1.82) is 0 Å². The molecule has 3 heterocycles. The van der Waals surface area contributed by atoms with Gasteiger partial charge in [-0.3, -0.25) is 9.78 Å². The normalized spacial score (nSPS) is 15.9. The highest BCUT2D eigenvalue weighted by atomic mass is 16.5. The van der Waals surface area contributed by atoms with Gasteiger partial charge in [-0.25, -0.2) is 0 Å². The lowest BCUT2D eigenvalue weighted by molar-refractivity contribution is -0.132. The highest BCUT2D eigenvalue weighted by Crippen LogP contribution is 2.34. The molecular formula is C24H18N4O3. The Morgan fingerprint density at radius 2 is 1.94 bits per heavy atom. The zero-order valence-electron chi connectivity index (χ0n) is 16.3. The van der Waals surface area contributed by atoms with Gasteiger partial charge in [0.2, 0.25) is 12.1 Å². The first-order valence-corrected chi connectivity index (χ1v) is 9.71. The molecule has 0 bridgehead atoms. The molecule has 1 unspecified atom stereocenters. The van der Waals surface area contributed by atoms with E-state index in [0.29, 0.717) is 11.5 Å². The molecule has 152 valence electrons. The number of aromatic hydroxyl groups is 1. The van der Waals surface area contributed by atoms with Crippen molar-refractivity contribution < 1.29 is 14.6 Å². The van der Waals surface area contributed by atoms with Crippen molar-refractivity contribution in [3.63, 3.8) is 0 Å². The second-order valence-electron chi connectivity index (χ2n) is 7.01. The molecule has 0 radical (unpaired) electrons. The molecule has 0 saturated carbocycles. The van der Waals surface area contributed by atoms with Gasteiger partial charge in [0.15, 0.2) is 0 Å². The van der Waals surface area contributed by atoms with Crippen LogP contribution < -0.4 is 0 Å². The minimum absolute atomic E-state index is 0.133. The number of para-hydroxylation sites is 1. The standard InChI is InChI=1S/C24H18N4O3/c29-18-5-3-4-16(14-18)8-9-22(30)28-24(20-15-26-21-7-2-1-6-19(20)21)31-23(27-28)17-10-12-25-13-11-17/h1-15,24,26,29H/b9-8-. The Morgan fingerprint density at radius 3 is 2.77 bits per heavy atom. The number of nitrogens with zero attached hydrogens (tertiary/aromatic N) is 3. The molecule has 31 heavy (non-hydrogen) atoms. The molecule has 7 heteroatoms. The Kier molecular flexibility index (Phi) is 4.68. The first-order valence-electron chi connectivity index (χ1n) is 9.71. The van der Waals surface area contributed by atoms with Crippen LogP contribution in [0.3, 0.4) is 0 Å². The van der Waals surface area contributed by atoms with Crippen LogP contribution in [0.1, 0.15) is 22.9 Å². The summed E-state index contributed by atoms with van der Waals surface area (Å²) in [5.41, 5.74) is 3.19. The molecule has 0 saturated heterocycles. The molecule has 5 rings (SSSR count). The Hall–Kier alpha value is -4.39. The van der Waals surface area contributed by atoms with Crippen molar-refractivity contribution in [2.75, 3.05) is 0 Å². The number of phenolic OH excluding ortho intramolecular Hbond substituents is 1. The fraction of sp³-hybridized carbons (Fsp3) is 0.0417. The number of hydrogen-bond donors (Lipinski definition) is 2. The Morgan fingerprint density at radius 1 is 1.10 bits per heavy atom. The second-order valence-corrected chi connectivity index (χ2v) is 7.01. The van der Waals surface area contributed by atoms with E-state index in [9.17, 15) is 9.90 Å². The van der Waals surface area contributed by atoms with Crippen molar-refractivity contribution in [1.82, 2.24) is 15.0 Å². The molecule has 2 N–H and O–H groups in total. The third kappa shape index (κ3) is 3.64. The van der Waals surface area contributed by atoms with Crippen LogP contribution in [0, 0.1) is 0 Å². The summed E-state index contributed by atoms with van der Waals surface area (Å²) < 4.78 is 6.14. The molecule has 2 aromatic carbocycles. The van der Waals surface area contributed by atoms with Gasteiger partial charge in [0.05, 0.1) is 0 Å². The van der Waals surface area contributed by atoms with Crippen LogP contribution in [0.4, 0.5) is 0 Å². The number of aromatic amines is 1. The first kappa shape index (κ1) is 18.6. The predicted octanol–water partition coefficient (Wildman–Crippen LogP) is 4.20. The van der Waals surface area contributed by atoms with Gasteiger partial charge >= 0.3 is 0 Å². The number of benzene rings is 2. The lowest BCUT2D eigenvalue weighted by atomic mass is 10.1. The van der Waals surface area contributed by atoms with Crippen LogP contribution in [0.2, 0.25) is 0 Å². The SMILES string of the molecule is O=C(/C=C\c1cccc(O)c1)N1N=C(c2ccncc2)OC1c1c[nH]c2ccccc12. The van der Waals surface area contributed by atoms with Crippen LogP contribution >= 0.6 is 0 Å². The van der Waals surface area contributed by atoms with Crippen molar-refractivity contribution in [3.05, 3.63) is 102 Å². The fourth-order valence-electron chi connectivity index (χ4n) is 3.48. The molecule has 1 aliphatic rings. The average Bonchev–Trinajstić information content (AvgIpc) is 3.42. The maximum atomic E-state index is 13.1. The molecule has 1 atom stereocenters. The van der Waals surface area contributed by atoms with Gasteiger partial charge in [-0.15, -0.1) is 5.10 Å². The van der Waals surface area contributed by atoms with Crippen LogP contribution in [-0.2, 0) is 9.53 Å². The number of carbonyl (C=O) groups is 1. The molecular weight excluding hydrogens is 392 g/mol. The topological polar surface area (TPSA) is 90.8 Å². The Labute approximate surface area is 177 Å². The van der Waals surface area contributed by atoms with Crippen molar-refractivity contribution in [2.45, 2.75) is 6.23 Å². The lowest BCUT2D eigenvalue weighted by Crippen LogP contribution is -2.26. The summed E-state index contributed by atoms with van der Waals surface area (Å²) in [6.45, 7) is 0. The summed E-state index contributed by atoms with van der Waals surface area (Å²) in [5, 5.41) is 16.4. The van der Waals surface area contributed by atoms with Crippen LogP contribution in [0.5, 0.6) is 5.75 Å². The van der Waals surface area contributed by atoms with E-state index >= 15 is 0 Å². The number of fused-ring (bicyclic) bond motifs is 1. The zero-order valence-corrected chi connectivity index (χ0v) is 16.3. The average molecular weight is 410 g/mol. The minimum Gasteiger partial charge on any atom is -0.508 e. The number of rotatable bonds is 4. The number of hydrazone groups is 1. The molecule has 4 aromatic rings. The van der Waals surface area contributed by atoms with E-state index in [1.165, 1.54) is 11.1 Å². The number of amides is 1. The van der Waals surface area contributed by atoms with Gasteiger partial charge in [0, 0.05) is 46.7 Å². The highest BCUT2D eigenvalue weighted by molar-refractivity contribution is 5.99.